The van der Waals surface area contributed by atoms with Gasteiger partial charge in [0.05, 0.1) is 11.9 Å². The molecular weight excluding hydrogens is 625 g/mol. The van der Waals surface area contributed by atoms with Crippen LogP contribution in [0.3, 0.4) is 0 Å². The number of nitrogens with zero attached hydrogens (tertiary/aromatic N) is 6. The standard InChI is InChI=1S/C34H33F3N8O3/c1-3-21(20-43-16-9-17-43)30(46)40-23-11-8-10-22(18-23)27-25-19-39-45(24-12-6-5-7-13-24)32(25)44(4-2)33(48)28(27)42-31(47)29-38-15-14-26(41-29)34(35,36)37/h3,5-8,10-15,18-19,27-28H,4,9,16-17,20H2,1-2H3,(H,40,46)(H,42,47)/b21-3+/t27-,28+/m1/s1. The number of rotatable bonds is 9. The van der Waals surface area contributed by atoms with Crippen molar-refractivity contribution in [2.45, 2.75) is 38.4 Å². The maximum absolute atomic E-state index is 14.3. The van der Waals surface area contributed by atoms with Gasteiger partial charge in [0.15, 0.2) is 0 Å². The van der Waals surface area contributed by atoms with Gasteiger partial charge in [-0.05, 0) is 69.3 Å². The van der Waals surface area contributed by atoms with Crippen molar-refractivity contribution < 1.29 is 27.6 Å². The number of anilines is 2. The highest BCUT2D eigenvalue weighted by atomic mass is 19.4. The zero-order valence-electron chi connectivity index (χ0n) is 26.2. The maximum atomic E-state index is 14.3. The predicted octanol–water partition coefficient (Wildman–Crippen LogP) is 4.57. The molecule has 2 aromatic carbocycles. The van der Waals surface area contributed by atoms with Gasteiger partial charge in [-0.15, -0.1) is 0 Å². The van der Waals surface area contributed by atoms with Gasteiger partial charge in [0.1, 0.15) is 17.6 Å². The molecule has 1 fully saturated rings. The molecule has 0 saturated carbocycles. The second-order valence-electron chi connectivity index (χ2n) is 11.5. The zero-order chi connectivity index (χ0) is 34.0. The number of hydrogen-bond donors (Lipinski definition) is 2. The molecule has 11 nitrogen and oxygen atoms in total. The molecule has 0 unspecified atom stereocenters. The number of halogens is 3. The van der Waals surface area contributed by atoms with E-state index in [4.69, 9.17) is 0 Å². The van der Waals surface area contributed by atoms with E-state index in [2.05, 4.69) is 30.6 Å². The second-order valence-corrected chi connectivity index (χ2v) is 11.5. The first-order valence-electron chi connectivity index (χ1n) is 15.5. The van der Waals surface area contributed by atoms with Gasteiger partial charge in [0.2, 0.25) is 5.82 Å². The lowest BCUT2D eigenvalue weighted by Gasteiger charge is -2.38. The Balaban J connectivity index is 1.40. The minimum absolute atomic E-state index is 0.211. The van der Waals surface area contributed by atoms with Crippen LogP contribution in [-0.2, 0) is 15.8 Å². The van der Waals surface area contributed by atoms with Gasteiger partial charge in [-0.2, -0.15) is 18.3 Å². The van der Waals surface area contributed by atoms with Crippen LogP contribution in [0.1, 0.15) is 53.6 Å². The van der Waals surface area contributed by atoms with Gasteiger partial charge < -0.3 is 10.6 Å². The summed E-state index contributed by atoms with van der Waals surface area (Å²) in [6.45, 7) is 6.19. The fourth-order valence-corrected chi connectivity index (χ4v) is 5.95. The predicted molar refractivity (Wildman–Crippen MR) is 172 cm³/mol. The van der Waals surface area contributed by atoms with Gasteiger partial charge >= 0.3 is 6.18 Å². The lowest BCUT2D eigenvalue weighted by Crippen LogP contribution is -2.55. The number of fused-ring (bicyclic) bond motifs is 1. The summed E-state index contributed by atoms with van der Waals surface area (Å²) in [6.07, 6.45) is 0.531. The smallest absolute Gasteiger partial charge is 0.337 e. The zero-order valence-corrected chi connectivity index (χ0v) is 26.2. The number of alkyl halides is 3. The minimum atomic E-state index is -4.80. The van der Waals surface area contributed by atoms with Gasteiger partial charge in [0.25, 0.3) is 17.7 Å². The highest BCUT2D eigenvalue weighted by Gasteiger charge is 2.45. The molecule has 2 aliphatic heterocycles. The van der Waals surface area contributed by atoms with E-state index in [9.17, 15) is 27.6 Å². The van der Waals surface area contributed by atoms with Crippen molar-refractivity contribution >= 4 is 29.2 Å². The van der Waals surface area contributed by atoms with E-state index in [-0.39, 0.29) is 12.5 Å². The number of likely N-dealkylation sites (tertiary alicyclic amines) is 1. The molecule has 4 heterocycles. The summed E-state index contributed by atoms with van der Waals surface area (Å²) >= 11 is 0. The Labute approximate surface area is 274 Å². The topological polar surface area (TPSA) is 125 Å². The molecule has 0 radical (unpaired) electrons. The Bertz CT molecular complexity index is 1870. The van der Waals surface area contributed by atoms with Crippen LogP contribution in [0.5, 0.6) is 0 Å². The van der Waals surface area contributed by atoms with Crippen LogP contribution in [0.25, 0.3) is 5.69 Å². The summed E-state index contributed by atoms with van der Waals surface area (Å²) in [5.41, 5.74) is 1.65. The molecule has 0 aliphatic carbocycles. The van der Waals surface area contributed by atoms with E-state index in [1.165, 1.54) is 4.90 Å². The Morgan fingerprint density at radius 3 is 2.50 bits per heavy atom. The summed E-state index contributed by atoms with van der Waals surface area (Å²) in [6, 6.07) is 15.5. The fourth-order valence-electron chi connectivity index (χ4n) is 5.95. The molecule has 0 spiro atoms. The van der Waals surface area contributed by atoms with E-state index in [0.29, 0.717) is 46.5 Å². The van der Waals surface area contributed by atoms with Crippen molar-refractivity contribution in [2.75, 3.05) is 36.4 Å². The minimum Gasteiger partial charge on any atom is -0.337 e. The van der Waals surface area contributed by atoms with E-state index < -0.39 is 41.5 Å². The van der Waals surface area contributed by atoms with E-state index in [0.717, 1.165) is 25.7 Å². The van der Waals surface area contributed by atoms with Gasteiger partial charge in [-0.25, -0.2) is 14.6 Å². The molecular formula is C34H33F3N8O3. The largest absolute Gasteiger partial charge is 0.433 e. The first kappa shape index (κ1) is 32.6. The normalized spacial score (nSPS) is 18.2. The number of para-hydroxylation sites is 1. The number of aromatic nitrogens is 4. The van der Waals surface area contributed by atoms with E-state index in [1.807, 2.05) is 37.3 Å². The Hall–Kier alpha value is -5.37. The number of likely N-dealkylation sites (N-methyl/N-ethyl adjacent to an activating group) is 1. The van der Waals surface area contributed by atoms with E-state index in [1.54, 1.807) is 48.1 Å². The van der Waals surface area contributed by atoms with Gasteiger partial charge in [-0.1, -0.05) is 36.4 Å². The summed E-state index contributed by atoms with van der Waals surface area (Å²) in [4.78, 5) is 51.7. The third-order valence-corrected chi connectivity index (χ3v) is 8.47. The third kappa shape index (κ3) is 6.43. The van der Waals surface area contributed by atoms with Crippen LogP contribution in [0.2, 0.25) is 0 Å². The molecule has 48 heavy (non-hydrogen) atoms. The SMILES string of the molecule is C/C=C(\CN1CCC1)C(=O)Nc1cccc([C@@H]2c3cnn(-c4ccccc4)c3N(CC)C(=O)[C@H]2NC(=O)c2nccc(C(F)(F)F)n2)c1. The number of carbonyl (C=O) groups excluding carboxylic acids is 3. The van der Waals surface area contributed by atoms with Crippen molar-refractivity contribution in [3.63, 3.8) is 0 Å². The molecule has 2 aliphatic rings. The van der Waals surface area contributed by atoms with Crippen LogP contribution in [-0.4, -0.2) is 74.6 Å². The summed E-state index contributed by atoms with van der Waals surface area (Å²) in [5.74, 6) is -2.91. The summed E-state index contributed by atoms with van der Waals surface area (Å²) < 4.78 is 41.8. The maximum Gasteiger partial charge on any atom is 0.433 e. The highest BCUT2D eigenvalue weighted by molar-refractivity contribution is 6.05. The van der Waals surface area contributed by atoms with Crippen LogP contribution in [0.15, 0.2) is 84.7 Å². The summed E-state index contributed by atoms with van der Waals surface area (Å²) in [7, 11) is 0. The van der Waals surface area contributed by atoms with Crippen molar-refractivity contribution in [1.29, 1.82) is 0 Å². The molecule has 2 N–H and O–H groups in total. The fraction of sp³-hybridized carbons (Fsp3) is 0.294. The lowest BCUT2D eigenvalue weighted by molar-refractivity contribution is -0.141. The molecule has 0 bridgehead atoms. The molecule has 4 aromatic rings. The molecule has 6 rings (SSSR count). The number of nitrogens with one attached hydrogen (secondary N) is 2. The van der Waals surface area contributed by atoms with Crippen molar-refractivity contribution in [1.82, 2.24) is 30.0 Å². The van der Waals surface area contributed by atoms with Crippen molar-refractivity contribution in [2.24, 2.45) is 0 Å². The molecule has 14 heteroatoms. The van der Waals surface area contributed by atoms with Crippen LogP contribution < -0.4 is 15.5 Å². The average molecular weight is 659 g/mol. The van der Waals surface area contributed by atoms with Gasteiger partial charge in [-0.3, -0.25) is 24.2 Å². The number of hydrogen-bond acceptors (Lipinski definition) is 7. The van der Waals surface area contributed by atoms with E-state index >= 15 is 0 Å². The molecule has 2 atom stereocenters. The van der Waals surface area contributed by atoms with Crippen LogP contribution in [0.4, 0.5) is 24.7 Å². The first-order valence-corrected chi connectivity index (χ1v) is 15.5. The molecule has 3 amide bonds. The first-order chi connectivity index (χ1) is 23.1. The average Bonchev–Trinajstić information content (AvgIpc) is 3.49. The van der Waals surface area contributed by atoms with Crippen LogP contribution >= 0.6 is 0 Å². The number of benzene rings is 2. The van der Waals surface area contributed by atoms with Crippen LogP contribution in [0, 0.1) is 0 Å². The summed E-state index contributed by atoms with van der Waals surface area (Å²) in [5, 5.41) is 10.2. The number of amides is 3. The third-order valence-electron chi connectivity index (χ3n) is 8.47. The Kier molecular flexibility index (Phi) is 9.09. The second kappa shape index (κ2) is 13.4. The molecule has 1 saturated heterocycles. The van der Waals surface area contributed by atoms with Crippen molar-refractivity contribution in [3.8, 4) is 5.69 Å². The van der Waals surface area contributed by atoms with Crippen molar-refractivity contribution in [3.05, 3.63) is 107 Å². The lowest BCUT2D eigenvalue weighted by atomic mass is 9.82. The van der Waals surface area contributed by atoms with Gasteiger partial charge in [0, 0.05) is 42.0 Å². The quantitative estimate of drug-likeness (QED) is 0.253. The Morgan fingerprint density at radius 2 is 1.83 bits per heavy atom. The number of allylic oxidation sites excluding steroid dienone is 1. The number of carbonyl (C=O) groups is 3. The molecule has 2 aromatic heterocycles. The molecule has 248 valence electrons. The monoisotopic (exact) mass is 658 g/mol. The highest BCUT2D eigenvalue weighted by Crippen LogP contribution is 2.42. The Morgan fingerprint density at radius 1 is 1.06 bits per heavy atom.